The van der Waals surface area contributed by atoms with E-state index in [-0.39, 0.29) is 0 Å². The number of ether oxygens (including phenoxy) is 1. The summed E-state index contributed by atoms with van der Waals surface area (Å²) < 4.78 is 5.29. The second-order valence-electron chi connectivity index (χ2n) is 4.77. The Morgan fingerprint density at radius 3 is 2.63 bits per heavy atom. The van der Waals surface area contributed by atoms with Gasteiger partial charge in [-0.15, -0.1) is 0 Å². The van der Waals surface area contributed by atoms with Crippen molar-refractivity contribution in [2.45, 2.75) is 19.3 Å². The van der Waals surface area contributed by atoms with E-state index in [9.17, 15) is 0 Å². The standard InChI is InChI=1S/C17H17NO/c1-19-15-10-11-16-13(12-15)6-5-9-17(16)18-14-7-3-2-4-8-14/h2-4,7-8,10-12H,5-6,9H2,1H3/b18-17+. The molecular weight excluding hydrogens is 234 g/mol. The third-order valence-electron chi connectivity index (χ3n) is 3.50. The molecule has 2 aromatic rings. The van der Waals surface area contributed by atoms with Crippen molar-refractivity contribution < 1.29 is 4.74 Å². The average Bonchev–Trinajstić information content (AvgIpc) is 2.48. The highest BCUT2D eigenvalue weighted by atomic mass is 16.5. The molecule has 2 aromatic carbocycles. The van der Waals surface area contributed by atoms with Gasteiger partial charge in [-0.25, -0.2) is 0 Å². The van der Waals surface area contributed by atoms with Crippen molar-refractivity contribution in [2.24, 2.45) is 4.99 Å². The van der Waals surface area contributed by atoms with Crippen molar-refractivity contribution in [3.8, 4) is 5.75 Å². The van der Waals surface area contributed by atoms with Gasteiger partial charge < -0.3 is 4.74 Å². The average molecular weight is 251 g/mol. The first kappa shape index (κ1) is 12.0. The zero-order chi connectivity index (χ0) is 13.1. The van der Waals surface area contributed by atoms with Gasteiger partial charge in [-0.3, -0.25) is 4.99 Å². The lowest BCUT2D eigenvalue weighted by atomic mass is 9.90. The van der Waals surface area contributed by atoms with Crippen LogP contribution in [0.5, 0.6) is 5.75 Å². The first-order valence-electron chi connectivity index (χ1n) is 6.67. The molecule has 0 fully saturated rings. The molecule has 2 nitrogen and oxygen atoms in total. The molecule has 0 radical (unpaired) electrons. The number of aliphatic imine (C=N–C) groups is 1. The highest BCUT2D eigenvalue weighted by Crippen LogP contribution is 2.27. The molecule has 1 aliphatic rings. The van der Waals surface area contributed by atoms with Crippen LogP contribution in [0.15, 0.2) is 53.5 Å². The second kappa shape index (κ2) is 5.27. The summed E-state index contributed by atoms with van der Waals surface area (Å²) in [4.78, 5) is 4.79. The van der Waals surface area contributed by atoms with Crippen molar-refractivity contribution in [3.63, 3.8) is 0 Å². The minimum atomic E-state index is 0.930. The smallest absolute Gasteiger partial charge is 0.119 e. The number of nitrogens with zero attached hydrogens (tertiary/aromatic N) is 1. The van der Waals surface area contributed by atoms with Gasteiger partial charge in [0.15, 0.2) is 0 Å². The summed E-state index contributed by atoms with van der Waals surface area (Å²) in [6.07, 6.45) is 3.32. The van der Waals surface area contributed by atoms with Crippen LogP contribution in [0, 0.1) is 0 Å². The molecule has 0 atom stereocenters. The van der Waals surface area contributed by atoms with Gasteiger partial charge in [-0.05, 0) is 60.7 Å². The zero-order valence-corrected chi connectivity index (χ0v) is 11.1. The minimum absolute atomic E-state index is 0.930. The lowest BCUT2D eigenvalue weighted by molar-refractivity contribution is 0.414. The maximum Gasteiger partial charge on any atom is 0.119 e. The van der Waals surface area contributed by atoms with E-state index < -0.39 is 0 Å². The van der Waals surface area contributed by atoms with E-state index in [1.807, 2.05) is 36.4 Å². The van der Waals surface area contributed by atoms with Gasteiger partial charge in [0.1, 0.15) is 5.75 Å². The molecular formula is C17H17NO. The van der Waals surface area contributed by atoms with Crippen molar-refractivity contribution in [1.29, 1.82) is 0 Å². The molecule has 96 valence electrons. The van der Waals surface area contributed by atoms with E-state index in [2.05, 4.69) is 12.1 Å². The van der Waals surface area contributed by atoms with Crippen molar-refractivity contribution in [1.82, 2.24) is 0 Å². The molecule has 19 heavy (non-hydrogen) atoms. The molecule has 0 bridgehead atoms. The van der Waals surface area contributed by atoms with Gasteiger partial charge in [0.25, 0.3) is 0 Å². The lowest BCUT2D eigenvalue weighted by Crippen LogP contribution is -2.11. The van der Waals surface area contributed by atoms with Gasteiger partial charge >= 0.3 is 0 Å². The Balaban J connectivity index is 2.01. The molecule has 3 rings (SSSR count). The first-order valence-corrected chi connectivity index (χ1v) is 6.67. The molecule has 0 aromatic heterocycles. The highest BCUT2D eigenvalue weighted by molar-refractivity contribution is 6.04. The molecule has 0 saturated carbocycles. The molecule has 2 heteroatoms. The van der Waals surface area contributed by atoms with Crippen LogP contribution in [0.2, 0.25) is 0 Å². The van der Waals surface area contributed by atoms with Crippen LogP contribution in [0.4, 0.5) is 5.69 Å². The Labute approximate surface area is 113 Å². The molecule has 0 N–H and O–H groups in total. The predicted octanol–water partition coefficient (Wildman–Crippen LogP) is 4.15. The van der Waals surface area contributed by atoms with E-state index in [4.69, 9.17) is 9.73 Å². The normalized spacial score (nSPS) is 16.2. The Hall–Kier alpha value is -2.09. The van der Waals surface area contributed by atoms with Crippen molar-refractivity contribution >= 4 is 11.4 Å². The molecule has 0 aliphatic heterocycles. The summed E-state index contributed by atoms with van der Waals surface area (Å²) in [6, 6.07) is 16.4. The van der Waals surface area contributed by atoms with E-state index in [1.165, 1.54) is 16.8 Å². The number of methoxy groups -OCH3 is 1. The highest BCUT2D eigenvalue weighted by Gasteiger charge is 2.16. The fourth-order valence-corrected chi connectivity index (χ4v) is 2.54. The number of para-hydroxylation sites is 1. The number of benzene rings is 2. The fourth-order valence-electron chi connectivity index (χ4n) is 2.54. The maximum atomic E-state index is 5.29. The Morgan fingerprint density at radius 2 is 1.84 bits per heavy atom. The molecule has 0 amide bonds. The Kier molecular flexibility index (Phi) is 3.32. The van der Waals surface area contributed by atoms with Gasteiger partial charge in [0.05, 0.1) is 12.8 Å². The summed E-state index contributed by atoms with van der Waals surface area (Å²) in [6.45, 7) is 0. The van der Waals surface area contributed by atoms with Crippen LogP contribution in [0.3, 0.4) is 0 Å². The van der Waals surface area contributed by atoms with Gasteiger partial charge in [-0.1, -0.05) is 18.2 Å². The number of hydrogen-bond donors (Lipinski definition) is 0. The summed E-state index contributed by atoms with van der Waals surface area (Å²) in [5, 5.41) is 0. The zero-order valence-electron chi connectivity index (χ0n) is 11.1. The summed E-state index contributed by atoms with van der Waals surface area (Å²) in [5.74, 6) is 0.930. The summed E-state index contributed by atoms with van der Waals surface area (Å²) in [7, 11) is 1.71. The first-order chi connectivity index (χ1) is 9.36. The minimum Gasteiger partial charge on any atom is -0.497 e. The van der Waals surface area contributed by atoms with E-state index in [0.717, 1.165) is 30.7 Å². The lowest BCUT2D eigenvalue weighted by Gasteiger charge is -2.18. The Morgan fingerprint density at radius 1 is 1.00 bits per heavy atom. The van der Waals surface area contributed by atoms with Crippen LogP contribution in [-0.4, -0.2) is 12.8 Å². The number of fused-ring (bicyclic) bond motifs is 1. The molecule has 0 heterocycles. The van der Waals surface area contributed by atoms with E-state index in [1.54, 1.807) is 7.11 Å². The number of rotatable bonds is 2. The van der Waals surface area contributed by atoms with Crippen molar-refractivity contribution in [3.05, 3.63) is 59.7 Å². The molecule has 0 spiro atoms. The SMILES string of the molecule is COc1ccc2c(c1)CCC/C2=N\c1ccccc1. The van der Waals surface area contributed by atoms with Gasteiger partial charge in [0.2, 0.25) is 0 Å². The van der Waals surface area contributed by atoms with E-state index >= 15 is 0 Å². The Bertz CT molecular complexity index is 602. The summed E-state index contributed by atoms with van der Waals surface area (Å²) in [5.41, 5.74) is 4.84. The molecule has 0 saturated heterocycles. The fraction of sp³-hybridized carbons (Fsp3) is 0.235. The number of aryl methyl sites for hydroxylation is 1. The molecule has 1 aliphatic carbocycles. The second-order valence-corrected chi connectivity index (χ2v) is 4.77. The predicted molar refractivity (Wildman–Crippen MR) is 78.6 cm³/mol. The van der Waals surface area contributed by atoms with Gasteiger partial charge in [0, 0.05) is 5.71 Å². The monoisotopic (exact) mass is 251 g/mol. The van der Waals surface area contributed by atoms with Crippen LogP contribution in [-0.2, 0) is 6.42 Å². The van der Waals surface area contributed by atoms with E-state index in [0.29, 0.717) is 0 Å². The van der Waals surface area contributed by atoms with Crippen molar-refractivity contribution in [2.75, 3.05) is 7.11 Å². The third-order valence-corrected chi connectivity index (χ3v) is 3.50. The quantitative estimate of drug-likeness (QED) is 0.785. The van der Waals surface area contributed by atoms with Crippen LogP contribution >= 0.6 is 0 Å². The van der Waals surface area contributed by atoms with Crippen LogP contribution in [0.25, 0.3) is 0 Å². The molecule has 0 unspecified atom stereocenters. The van der Waals surface area contributed by atoms with Gasteiger partial charge in [-0.2, -0.15) is 0 Å². The van der Waals surface area contributed by atoms with Crippen LogP contribution < -0.4 is 4.74 Å². The maximum absolute atomic E-state index is 5.29. The van der Waals surface area contributed by atoms with Crippen LogP contribution in [0.1, 0.15) is 24.0 Å². The largest absolute Gasteiger partial charge is 0.497 e. The summed E-state index contributed by atoms with van der Waals surface area (Å²) >= 11 is 0. The number of hydrogen-bond acceptors (Lipinski definition) is 2. The third kappa shape index (κ3) is 2.53. The topological polar surface area (TPSA) is 21.6 Å².